The molecule has 0 spiro atoms. The summed E-state index contributed by atoms with van der Waals surface area (Å²) in [5.74, 6) is -0.632. The monoisotopic (exact) mass is 374 g/mol. The Morgan fingerprint density at radius 3 is 2.69 bits per heavy atom. The average Bonchev–Trinajstić information content (AvgIpc) is 3.14. The Morgan fingerprint density at radius 2 is 2.04 bits per heavy atom. The van der Waals surface area contributed by atoms with E-state index in [1.165, 1.54) is 18.4 Å². The molecule has 1 aromatic carbocycles. The van der Waals surface area contributed by atoms with Gasteiger partial charge in [-0.3, -0.25) is 4.90 Å². The normalized spacial score (nSPS) is 20.5. The molecular formula is C18H18N2O5S. The third kappa shape index (κ3) is 3.03. The lowest BCUT2D eigenvalue weighted by molar-refractivity contribution is -0.153. The van der Waals surface area contributed by atoms with Crippen LogP contribution in [0.4, 0.5) is 4.79 Å². The largest absolute Gasteiger partial charge is 0.467 e. The Bertz CT molecular complexity index is 848. The molecule has 1 aliphatic rings. The van der Waals surface area contributed by atoms with Gasteiger partial charge in [0.1, 0.15) is 12.3 Å². The minimum absolute atomic E-state index is 0.0700. The van der Waals surface area contributed by atoms with Gasteiger partial charge < -0.3 is 14.7 Å². The van der Waals surface area contributed by atoms with E-state index < -0.39 is 17.6 Å². The van der Waals surface area contributed by atoms with Crippen LogP contribution in [-0.4, -0.2) is 41.4 Å². The predicted octanol–water partition coefficient (Wildman–Crippen LogP) is 3.05. The SMILES string of the molecule is COC(=O)C1(C)c2sccc2/C(=N\OCc2ccccc2)CN1C(=O)O. The van der Waals surface area contributed by atoms with Gasteiger partial charge in [-0.05, 0) is 23.9 Å². The minimum Gasteiger partial charge on any atom is -0.467 e. The first kappa shape index (κ1) is 17.9. The number of carbonyl (C=O) groups is 2. The molecule has 0 saturated carbocycles. The number of benzene rings is 1. The molecule has 1 unspecified atom stereocenters. The molecule has 0 fully saturated rings. The van der Waals surface area contributed by atoms with Gasteiger partial charge in [0.15, 0.2) is 5.54 Å². The van der Waals surface area contributed by atoms with E-state index >= 15 is 0 Å². The number of carbonyl (C=O) groups excluding carboxylic acids is 1. The van der Waals surface area contributed by atoms with Crippen molar-refractivity contribution in [3.8, 4) is 0 Å². The fraction of sp³-hybridized carbons (Fsp3) is 0.278. The molecule has 2 heterocycles. The van der Waals surface area contributed by atoms with Gasteiger partial charge in [-0.25, -0.2) is 9.59 Å². The van der Waals surface area contributed by atoms with E-state index in [-0.39, 0.29) is 13.2 Å². The molecular weight excluding hydrogens is 356 g/mol. The first-order valence-electron chi connectivity index (χ1n) is 7.88. The number of hydrogen-bond acceptors (Lipinski definition) is 6. The number of esters is 1. The topological polar surface area (TPSA) is 88.4 Å². The average molecular weight is 374 g/mol. The van der Waals surface area contributed by atoms with Crippen molar-refractivity contribution in [2.24, 2.45) is 5.16 Å². The molecule has 136 valence electrons. The molecule has 0 bridgehead atoms. The third-order valence-corrected chi connectivity index (χ3v) is 5.45. The van der Waals surface area contributed by atoms with Crippen molar-refractivity contribution in [2.45, 2.75) is 19.1 Å². The summed E-state index contributed by atoms with van der Waals surface area (Å²) in [5, 5.41) is 15.6. The van der Waals surface area contributed by atoms with Crippen molar-refractivity contribution >= 4 is 29.1 Å². The van der Waals surface area contributed by atoms with E-state index in [1.807, 2.05) is 36.4 Å². The van der Waals surface area contributed by atoms with Gasteiger partial charge in [0.25, 0.3) is 0 Å². The predicted molar refractivity (Wildman–Crippen MR) is 96.2 cm³/mol. The molecule has 0 radical (unpaired) electrons. The van der Waals surface area contributed by atoms with Gasteiger partial charge in [0, 0.05) is 5.56 Å². The number of methoxy groups -OCH3 is 1. The van der Waals surface area contributed by atoms with Crippen LogP contribution in [0.1, 0.15) is 22.9 Å². The Hall–Kier alpha value is -2.87. The van der Waals surface area contributed by atoms with Crippen LogP contribution in [0.3, 0.4) is 0 Å². The van der Waals surface area contributed by atoms with Crippen LogP contribution in [0.5, 0.6) is 0 Å². The van der Waals surface area contributed by atoms with Gasteiger partial charge in [-0.15, -0.1) is 11.3 Å². The molecule has 3 rings (SSSR count). The molecule has 26 heavy (non-hydrogen) atoms. The zero-order valence-electron chi connectivity index (χ0n) is 14.3. The van der Waals surface area contributed by atoms with Crippen LogP contribution in [-0.2, 0) is 26.5 Å². The Labute approximate surface area is 154 Å². The van der Waals surface area contributed by atoms with Crippen LogP contribution < -0.4 is 0 Å². The lowest BCUT2D eigenvalue weighted by Gasteiger charge is -2.40. The lowest BCUT2D eigenvalue weighted by Crippen LogP contribution is -2.57. The van der Waals surface area contributed by atoms with Gasteiger partial charge in [-0.2, -0.15) is 0 Å². The fourth-order valence-corrected chi connectivity index (χ4v) is 4.00. The van der Waals surface area contributed by atoms with Gasteiger partial charge in [0.05, 0.1) is 18.5 Å². The number of oxime groups is 1. The second kappa shape index (κ2) is 7.17. The number of fused-ring (bicyclic) bond motifs is 1. The van der Waals surface area contributed by atoms with Gasteiger partial charge in [-0.1, -0.05) is 35.5 Å². The molecule has 1 atom stereocenters. The highest BCUT2D eigenvalue weighted by molar-refractivity contribution is 7.10. The quantitative estimate of drug-likeness (QED) is 0.656. The number of rotatable bonds is 4. The van der Waals surface area contributed by atoms with Gasteiger partial charge >= 0.3 is 12.1 Å². The standard InChI is InChI=1S/C18H18N2O5S/c1-18(16(21)24-2)15-13(8-9-26-15)14(10-20(18)17(22)23)19-25-11-12-6-4-3-5-7-12/h3-9H,10-11H2,1-2H3,(H,22,23)/b19-14-. The molecule has 0 aliphatic carbocycles. The highest BCUT2D eigenvalue weighted by atomic mass is 32.1. The highest BCUT2D eigenvalue weighted by Crippen LogP contribution is 2.40. The first-order valence-corrected chi connectivity index (χ1v) is 8.76. The molecule has 1 aromatic heterocycles. The van der Waals surface area contributed by atoms with E-state index in [0.717, 1.165) is 10.5 Å². The van der Waals surface area contributed by atoms with E-state index in [0.29, 0.717) is 16.2 Å². The molecule has 1 amide bonds. The molecule has 1 aliphatic heterocycles. The molecule has 0 saturated heterocycles. The van der Waals surface area contributed by atoms with Crippen molar-refractivity contribution in [3.63, 3.8) is 0 Å². The van der Waals surface area contributed by atoms with E-state index in [1.54, 1.807) is 12.3 Å². The summed E-state index contributed by atoms with van der Waals surface area (Å²) in [7, 11) is 1.24. The summed E-state index contributed by atoms with van der Waals surface area (Å²) >= 11 is 1.29. The van der Waals surface area contributed by atoms with Crippen molar-refractivity contribution in [2.75, 3.05) is 13.7 Å². The Kier molecular flexibility index (Phi) is 4.94. The lowest BCUT2D eigenvalue weighted by atomic mass is 9.88. The molecule has 8 heteroatoms. The maximum Gasteiger partial charge on any atom is 0.408 e. The van der Waals surface area contributed by atoms with Crippen molar-refractivity contribution in [1.29, 1.82) is 0 Å². The van der Waals surface area contributed by atoms with Crippen molar-refractivity contribution < 1.29 is 24.3 Å². The zero-order chi connectivity index (χ0) is 18.7. The van der Waals surface area contributed by atoms with E-state index in [2.05, 4.69) is 5.16 Å². The summed E-state index contributed by atoms with van der Waals surface area (Å²) in [6.07, 6.45) is -1.23. The number of thiophene rings is 1. The number of ether oxygens (including phenoxy) is 1. The molecule has 7 nitrogen and oxygen atoms in total. The summed E-state index contributed by atoms with van der Waals surface area (Å²) in [4.78, 5) is 31.2. The minimum atomic E-state index is -1.41. The number of nitrogens with zero attached hydrogens (tertiary/aromatic N) is 2. The smallest absolute Gasteiger partial charge is 0.408 e. The first-order chi connectivity index (χ1) is 12.5. The Morgan fingerprint density at radius 1 is 1.31 bits per heavy atom. The van der Waals surface area contributed by atoms with E-state index in [4.69, 9.17) is 9.57 Å². The summed E-state index contributed by atoms with van der Waals surface area (Å²) in [6.45, 7) is 1.74. The van der Waals surface area contributed by atoms with E-state index in [9.17, 15) is 14.7 Å². The second-order valence-corrected chi connectivity index (χ2v) is 6.81. The third-order valence-electron chi connectivity index (χ3n) is 4.33. The number of hydrogen-bond donors (Lipinski definition) is 1. The number of carboxylic acid groups (broad SMARTS) is 1. The molecule has 2 aromatic rings. The zero-order valence-corrected chi connectivity index (χ0v) is 15.2. The van der Waals surface area contributed by atoms with Crippen LogP contribution in [0.2, 0.25) is 0 Å². The summed E-state index contributed by atoms with van der Waals surface area (Å²) in [6, 6.07) is 11.3. The van der Waals surface area contributed by atoms with Crippen LogP contribution in [0, 0.1) is 0 Å². The maximum absolute atomic E-state index is 12.4. The number of amides is 1. The maximum atomic E-state index is 12.4. The van der Waals surface area contributed by atoms with Gasteiger partial charge in [0.2, 0.25) is 0 Å². The van der Waals surface area contributed by atoms with Crippen LogP contribution in [0.25, 0.3) is 0 Å². The fourth-order valence-electron chi connectivity index (χ4n) is 2.93. The van der Waals surface area contributed by atoms with Crippen LogP contribution in [0.15, 0.2) is 46.9 Å². The van der Waals surface area contributed by atoms with Crippen LogP contribution >= 0.6 is 11.3 Å². The summed E-state index contributed by atoms with van der Waals surface area (Å²) in [5.41, 5.74) is 0.699. The summed E-state index contributed by atoms with van der Waals surface area (Å²) < 4.78 is 4.87. The highest BCUT2D eigenvalue weighted by Gasteiger charge is 2.51. The van der Waals surface area contributed by atoms with Crippen molar-refractivity contribution in [1.82, 2.24) is 4.90 Å². The van der Waals surface area contributed by atoms with Crippen molar-refractivity contribution in [3.05, 3.63) is 57.8 Å². The second-order valence-electron chi connectivity index (χ2n) is 5.89. The Balaban J connectivity index is 1.93. The molecule has 1 N–H and O–H groups in total.